The van der Waals surface area contributed by atoms with Gasteiger partial charge in [0.05, 0.1) is 12.6 Å². The van der Waals surface area contributed by atoms with Crippen LogP contribution in [0.15, 0.2) is 12.1 Å². The van der Waals surface area contributed by atoms with Crippen molar-refractivity contribution in [2.75, 3.05) is 7.11 Å². The molecule has 0 bridgehead atoms. The van der Waals surface area contributed by atoms with Crippen molar-refractivity contribution in [1.29, 1.82) is 0 Å². The van der Waals surface area contributed by atoms with Gasteiger partial charge in [-0.1, -0.05) is 0 Å². The summed E-state index contributed by atoms with van der Waals surface area (Å²) < 4.78 is 5.06. The standard InChI is InChI=1S/C12H18N4O/c1-8(13)4-3-5-10-14-9-6-7-11(17-2)16-12(9)15-10/h6-8H,3-5,13H2,1-2H3,(H,14,15,16). The Morgan fingerprint density at radius 1 is 1.41 bits per heavy atom. The van der Waals surface area contributed by atoms with E-state index in [0.29, 0.717) is 11.5 Å². The fourth-order valence-electron chi connectivity index (χ4n) is 1.75. The predicted molar refractivity (Wildman–Crippen MR) is 67.0 cm³/mol. The first-order valence-corrected chi connectivity index (χ1v) is 5.84. The highest BCUT2D eigenvalue weighted by Gasteiger charge is 2.05. The molecule has 0 saturated carbocycles. The molecule has 2 heterocycles. The van der Waals surface area contributed by atoms with E-state index in [2.05, 4.69) is 15.0 Å². The van der Waals surface area contributed by atoms with Crippen LogP contribution in [0.5, 0.6) is 5.88 Å². The van der Waals surface area contributed by atoms with Crippen LogP contribution in [0.1, 0.15) is 25.6 Å². The number of pyridine rings is 1. The minimum absolute atomic E-state index is 0.248. The zero-order chi connectivity index (χ0) is 12.3. The van der Waals surface area contributed by atoms with Crippen LogP contribution in [0, 0.1) is 0 Å². The molecule has 2 aromatic heterocycles. The number of aryl methyl sites for hydroxylation is 1. The first-order chi connectivity index (χ1) is 8.19. The van der Waals surface area contributed by atoms with Crippen LogP contribution < -0.4 is 10.5 Å². The number of nitrogens with zero attached hydrogens (tertiary/aromatic N) is 2. The number of hydrogen-bond acceptors (Lipinski definition) is 4. The third kappa shape index (κ3) is 2.94. The molecule has 0 saturated heterocycles. The number of nitrogens with two attached hydrogens (primary N) is 1. The lowest BCUT2D eigenvalue weighted by atomic mass is 10.1. The minimum Gasteiger partial charge on any atom is -0.481 e. The van der Waals surface area contributed by atoms with Crippen LogP contribution in [0.3, 0.4) is 0 Å². The smallest absolute Gasteiger partial charge is 0.215 e. The summed E-state index contributed by atoms with van der Waals surface area (Å²) in [4.78, 5) is 11.9. The lowest BCUT2D eigenvalue weighted by Gasteiger charge is -2.01. The lowest BCUT2D eigenvalue weighted by molar-refractivity contribution is 0.399. The van der Waals surface area contributed by atoms with Crippen LogP contribution in [0.25, 0.3) is 11.2 Å². The second-order valence-corrected chi connectivity index (χ2v) is 4.28. The highest BCUT2D eigenvalue weighted by atomic mass is 16.5. The van der Waals surface area contributed by atoms with Gasteiger partial charge in [0.2, 0.25) is 5.88 Å². The van der Waals surface area contributed by atoms with Gasteiger partial charge in [-0.05, 0) is 25.8 Å². The molecule has 1 atom stereocenters. The van der Waals surface area contributed by atoms with Gasteiger partial charge >= 0.3 is 0 Å². The highest BCUT2D eigenvalue weighted by molar-refractivity contribution is 5.71. The van der Waals surface area contributed by atoms with Crippen LogP contribution >= 0.6 is 0 Å². The van der Waals surface area contributed by atoms with Crippen LogP contribution in [-0.2, 0) is 6.42 Å². The zero-order valence-corrected chi connectivity index (χ0v) is 10.2. The molecule has 2 aromatic rings. The molecular weight excluding hydrogens is 216 g/mol. The number of hydrogen-bond donors (Lipinski definition) is 2. The summed E-state index contributed by atoms with van der Waals surface area (Å²) in [7, 11) is 1.60. The largest absolute Gasteiger partial charge is 0.481 e. The molecule has 3 N–H and O–H groups in total. The molecule has 17 heavy (non-hydrogen) atoms. The third-order valence-corrected chi connectivity index (χ3v) is 2.65. The van der Waals surface area contributed by atoms with Crippen molar-refractivity contribution < 1.29 is 4.74 Å². The average Bonchev–Trinajstić information content (AvgIpc) is 2.69. The zero-order valence-electron chi connectivity index (χ0n) is 10.2. The second kappa shape index (κ2) is 5.14. The average molecular weight is 234 g/mol. The molecule has 5 heteroatoms. The molecule has 0 spiro atoms. The molecule has 0 aliphatic carbocycles. The topological polar surface area (TPSA) is 76.8 Å². The first-order valence-electron chi connectivity index (χ1n) is 5.84. The summed E-state index contributed by atoms with van der Waals surface area (Å²) in [5.74, 6) is 1.55. The van der Waals surface area contributed by atoms with Gasteiger partial charge in [-0.15, -0.1) is 0 Å². The van der Waals surface area contributed by atoms with E-state index in [9.17, 15) is 0 Å². The second-order valence-electron chi connectivity index (χ2n) is 4.28. The van der Waals surface area contributed by atoms with Crippen molar-refractivity contribution in [3.8, 4) is 5.88 Å². The molecular formula is C12H18N4O. The summed E-state index contributed by atoms with van der Waals surface area (Å²) in [5.41, 5.74) is 7.36. The Hall–Kier alpha value is -1.62. The quantitative estimate of drug-likeness (QED) is 0.824. The maximum atomic E-state index is 5.71. The van der Waals surface area contributed by atoms with Crippen molar-refractivity contribution in [3.05, 3.63) is 18.0 Å². The predicted octanol–water partition coefficient (Wildman–Crippen LogP) is 1.64. The van der Waals surface area contributed by atoms with Gasteiger partial charge in [-0.2, -0.15) is 4.98 Å². The number of H-pyrrole nitrogens is 1. The number of aromatic amines is 1. The van der Waals surface area contributed by atoms with Crippen molar-refractivity contribution in [2.45, 2.75) is 32.2 Å². The van der Waals surface area contributed by atoms with E-state index < -0.39 is 0 Å². The number of methoxy groups -OCH3 is 1. The van der Waals surface area contributed by atoms with Gasteiger partial charge in [-0.25, -0.2) is 4.98 Å². The van der Waals surface area contributed by atoms with E-state index in [1.165, 1.54) is 0 Å². The van der Waals surface area contributed by atoms with E-state index in [-0.39, 0.29) is 6.04 Å². The van der Waals surface area contributed by atoms with Gasteiger partial charge in [-0.3, -0.25) is 0 Å². The fourth-order valence-corrected chi connectivity index (χ4v) is 1.75. The fraction of sp³-hybridized carbons (Fsp3) is 0.500. The Kier molecular flexibility index (Phi) is 3.58. The molecule has 0 amide bonds. The van der Waals surface area contributed by atoms with E-state index in [4.69, 9.17) is 10.5 Å². The van der Waals surface area contributed by atoms with Crippen molar-refractivity contribution >= 4 is 11.2 Å². The van der Waals surface area contributed by atoms with Gasteiger partial charge in [0.25, 0.3) is 0 Å². The molecule has 92 valence electrons. The highest BCUT2D eigenvalue weighted by Crippen LogP contribution is 2.15. The number of rotatable bonds is 5. The monoisotopic (exact) mass is 234 g/mol. The lowest BCUT2D eigenvalue weighted by Crippen LogP contribution is -2.14. The molecule has 2 rings (SSSR count). The summed E-state index contributed by atoms with van der Waals surface area (Å²) in [6.07, 6.45) is 2.95. The van der Waals surface area contributed by atoms with Crippen molar-refractivity contribution in [1.82, 2.24) is 15.0 Å². The van der Waals surface area contributed by atoms with E-state index in [1.807, 2.05) is 19.1 Å². The molecule has 0 fully saturated rings. The number of fused-ring (bicyclic) bond motifs is 1. The van der Waals surface area contributed by atoms with Gasteiger partial charge in [0.1, 0.15) is 5.82 Å². The summed E-state index contributed by atoms with van der Waals surface area (Å²) in [6.45, 7) is 2.02. The SMILES string of the molecule is COc1ccc2[nH]c(CCCC(C)N)nc2n1. The maximum Gasteiger partial charge on any atom is 0.215 e. The van der Waals surface area contributed by atoms with E-state index >= 15 is 0 Å². The van der Waals surface area contributed by atoms with E-state index in [1.54, 1.807) is 7.11 Å². The maximum absolute atomic E-state index is 5.71. The Balaban J connectivity index is 2.09. The number of ether oxygens (including phenoxy) is 1. The number of imidazole rings is 1. The normalized spacial score (nSPS) is 12.9. The van der Waals surface area contributed by atoms with E-state index in [0.717, 1.165) is 30.6 Å². The number of nitrogens with one attached hydrogen (secondary N) is 1. The molecule has 5 nitrogen and oxygen atoms in total. The summed E-state index contributed by atoms with van der Waals surface area (Å²) >= 11 is 0. The van der Waals surface area contributed by atoms with Gasteiger partial charge in [0, 0.05) is 18.5 Å². The molecule has 1 unspecified atom stereocenters. The van der Waals surface area contributed by atoms with Gasteiger partial charge < -0.3 is 15.5 Å². The Morgan fingerprint density at radius 3 is 2.94 bits per heavy atom. The third-order valence-electron chi connectivity index (χ3n) is 2.65. The first kappa shape index (κ1) is 11.9. The van der Waals surface area contributed by atoms with Crippen LogP contribution in [0.4, 0.5) is 0 Å². The van der Waals surface area contributed by atoms with Crippen LogP contribution in [0.2, 0.25) is 0 Å². The molecule has 0 aliphatic heterocycles. The summed E-state index contributed by atoms with van der Waals surface area (Å²) in [6, 6.07) is 4.01. The Morgan fingerprint density at radius 2 is 2.24 bits per heavy atom. The van der Waals surface area contributed by atoms with Crippen molar-refractivity contribution in [3.63, 3.8) is 0 Å². The van der Waals surface area contributed by atoms with Gasteiger partial charge in [0.15, 0.2) is 5.65 Å². The minimum atomic E-state index is 0.248. The van der Waals surface area contributed by atoms with Crippen molar-refractivity contribution in [2.24, 2.45) is 5.73 Å². The summed E-state index contributed by atoms with van der Waals surface area (Å²) in [5, 5.41) is 0. The Bertz CT molecular complexity index is 492. The number of aromatic nitrogens is 3. The Labute approximate surface area is 100 Å². The molecule has 0 aromatic carbocycles. The van der Waals surface area contributed by atoms with Crippen LogP contribution in [-0.4, -0.2) is 28.1 Å². The molecule has 0 radical (unpaired) electrons. The molecule has 0 aliphatic rings.